The number of fused-ring (bicyclic) bond motifs is 6. The normalized spacial score (nSPS) is 22.2. The summed E-state index contributed by atoms with van der Waals surface area (Å²) >= 11 is 5.37. The second-order valence-electron chi connectivity index (χ2n) is 10.2. The fraction of sp³-hybridized carbons (Fsp3) is 0.556. The lowest BCUT2D eigenvalue weighted by molar-refractivity contribution is 0.189. The Balaban J connectivity index is 1.74. The lowest BCUT2D eigenvalue weighted by Crippen LogP contribution is -2.28. The van der Waals surface area contributed by atoms with Gasteiger partial charge in [0.2, 0.25) is 0 Å². The molecule has 2 aliphatic rings. The van der Waals surface area contributed by atoms with Gasteiger partial charge in [-0.05, 0) is 109 Å². The summed E-state index contributed by atoms with van der Waals surface area (Å²) in [6.45, 7) is 9.34. The van der Waals surface area contributed by atoms with E-state index in [4.69, 9.17) is 9.47 Å². The van der Waals surface area contributed by atoms with Gasteiger partial charge in [0.05, 0.1) is 0 Å². The van der Waals surface area contributed by atoms with E-state index in [1.54, 1.807) is 0 Å². The summed E-state index contributed by atoms with van der Waals surface area (Å²) in [5, 5.41) is 3.10. The van der Waals surface area contributed by atoms with E-state index in [-0.39, 0.29) is 28.5 Å². The van der Waals surface area contributed by atoms with Gasteiger partial charge in [-0.1, -0.05) is 64.4 Å². The van der Waals surface area contributed by atoms with Gasteiger partial charge in [0, 0.05) is 23.5 Å². The van der Waals surface area contributed by atoms with Crippen LogP contribution in [0.3, 0.4) is 0 Å². The van der Waals surface area contributed by atoms with Crippen LogP contribution in [0, 0.1) is 0 Å². The molecule has 0 radical (unpaired) electrons. The molecule has 0 N–H and O–H groups in total. The second kappa shape index (κ2) is 11.6. The molecule has 0 fully saturated rings. The summed E-state index contributed by atoms with van der Waals surface area (Å²) in [4.78, 5) is 0. The average molecular weight is 708 g/mol. The summed E-state index contributed by atoms with van der Waals surface area (Å²) in [5.74, 6) is 2.34. The Morgan fingerprint density at radius 3 is 1.97 bits per heavy atom. The highest BCUT2D eigenvalue weighted by molar-refractivity contribution is 14.2. The molecule has 2 aromatic rings. The minimum absolute atomic E-state index is 0.204. The van der Waals surface area contributed by atoms with Crippen LogP contribution in [0.25, 0.3) is 0 Å². The van der Waals surface area contributed by atoms with Gasteiger partial charge in [0.1, 0.15) is 23.7 Å². The van der Waals surface area contributed by atoms with Crippen molar-refractivity contribution < 1.29 is 9.47 Å². The zero-order valence-electron chi connectivity index (χ0n) is 20.2. The van der Waals surface area contributed by atoms with E-state index in [1.807, 2.05) is 0 Å². The van der Waals surface area contributed by atoms with Gasteiger partial charge in [0.25, 0.3) is 0 Å². The largest absolute Gasteiger partial charge is 0.489 e. The van der Waals surface area contributed by atoms with Crippen LogP contribution < -0.4 is 20.1 Å². The van der Waals surface area contributed by atoms with E-state index in [1.165, 1.54) is 46.5 Å². The van der Waals surface area contributed by atoms with E-state index in [9.17, 15) is 0 Å². The maximum absolute atomic E-state index is 6.97. The maximum Gasteiger partial charge on any atom is 0.131 e. The highest BCUT2D eigenvalue weighted by Crippen LogP contribution is 2.57. The summed E-state index contributed by atoms with van der Waals surface area (Å²) in [5.41, 5.74) is 2.11. The molecule has 0 aliphatic carbocycles. The number of halogens is 2. The summed E-state index contributed by atoms with van der Waals surface area (Å²) in [6, 6.07) is 13.7. The highest BCUT2D eigenvalue weighted by Gasteiger charge is 2.32. The number of benzene rings is 2. The maximum atomic E-state index is 6.97. The minimum Gasteiger partial charge on any atom is -0.489 e. The number of unbranched alkanes of at least 4 members (excludes halogenated alkanes) is 1. The first-order valence-corrected chi connectivity index (χ1v) is 20.7. The van der Waals surface area contributed by atoms with Crippen LogP contribution in [0.2, 0.25) is 0 Å². The molecular formula is C27H36I2O2P2. The molecule has 2 heterocycles. The van der Waals surface area contributed by atoms with Crippen molar-refractivity contribution in [2.45, 2.75) is 90.0 Å². The Morgan fingerprint density at radius 1 is 0.879 bits per heavy atom. The molecule has 6 heteroatoms. The number of hydrogen-bond donors (Lipinski definition) is 0. The Labute approximate surface area is 228 Å². The molecule has 3 unspecified atom stereocenters. The average Bonchev–Trinajstić information content (AvgIpc) is 2.91. The molecule has 180 valence electrons. The number of rotatable bonds is 5. The monoisotopic (exact) mass is 708 g/mol. The predicted molar refractivity (Wildman–Crippen MR) is 164 cm³/mol. The minimum atomic E-state index is -0.352. The Hall–Kier alpha value is 0.360. The molecule has 0 aromatic heterocycles. The van der Waals surface area contributed by atoms with E-state index >= 15 is 0 Å². The van der Waals surface area contributed by atoms with Crippen molar-refractivity contribution >= 4 is 65.8 Å². The van der Waals surface area contributed by atoms with Crippen LogP contribution in [-0.2, 0) is 12.8 Å². The first kappa shape index (κ1) is 26.4. The fourth-order valence-electron chi connectivity index (χ4n) is 4.66. The Bertz CT molecular complexity index is 960. The molecule has 2 nitrogen and oxygen atoms in total. The zero-order valence-corrected chi connectivity index (χ0v) is 26.3. The Kier molecular flexibility index (Phi) is 9.29. The third-order valence-electron chi connectivity index (χ3n) is 6.44. The molecule has 0 spiro atoms. The van der Waals surface area contributed by atoms with Gasteiger partial charge in [0.15, 0.2) is 0 Å². The van der Waals surface area contributed by atoms with E-state index in [0.717, 1.165) is 37.9 Å². The smallest absolute Gasteiger partial charge is 0.131 e. The molecular weight excluding hydrogens is 672 g/mol. The quantitative estimate of drug-likeness (QED) is 0.229. The number of para-hydroxylation sites is 2. The van der Waals surface area contributed by atoms with E-state index in [0.29, 0.717) is 0 Å². The molecule has 33 heavy (non-hydrogen) atoms. The van der Waals surface area contributed by atoms with Crippen molar-refractivity contribution in [1.29, 1.82) is 0 Å². The van der Waals surface area contributed by atoms with Crippen molar-refractivity contribution in [3.8, 4) is 11.5 Å². The van der Waals surface area contributed by atoms with Crippen LogP contribution >= 0.6 is 55.2 Å². The van der Waals surface area contributed by atoms with Gasteiger partial charge in [-0.15, -0.1) is 0 Å². The van der Waals surface area contributed by atoms with Crippen LogP contribution in [0.5, 0.6) is 11.5 Å². The second-order valence-corrected chi connectivity index (χ2v) is 20.7. The van der Waals surface area contributed by atoms with Crippen molar-refractivity contribution in [2.75, 3.05) is 6.16 Å². The van der Waals surface area contributed by atoms with Crippen LogP contribution in [0.4, 0.5) is 0 Å². The molecule has 2 bridgehead atoms. The first-order valence-electron chi connectivity index (χ1n) is 12.2. The third kappa shape index (κ3) is 6.38. The SMILES string of the molecule is CCCCP(I)c1cccc2c1OC1CCC[C@H](C2)Oc2c(cccc2P(I)C(C)(C)C)C1. The topological polar surface area (TPSA) is 18.5 Å². The zero-order chi connectivity index (χ0) is 23.6. The molecule has 4 rings (SSSR count). The van der Waals surface area contributed by atoms with Crippen molar-refractivity contribution in [1.82, 2.24) is 0 Å². The van der Waals surface area contributed by atoms with Crippen LogP contribution in [-0.4, -0.2) is 23.5 Å². The van der Waals surface area contributed by atoms with Gasteiger partial charge in [-0.2, -0.15) is 0 Å². The molecule has 4 atom stereocenters. The van der Waals surface area contributed by atoms with Crippen LogP contribution in [0.15, 0.2) is 36.4 Å². The van der Waals surface area contributed by atoms with Crippen molar-refractivity contribution in [3.05, 3.63) is 47.5 Å². The lowest BCUT2D eigenvalue weighted by atomic mass is 10.0. The molecule has 2 aliphatic heterocycles. The molecule has 0 amide bonds. The van der Waals surface area contributed by atoms with E-state index < -0.39 is 0 Å². The fourth-order valence-corrected chi connectivity index (χ4v) is 10.8. The van der Waals surface area contributed by atoms with Gasteiger partial charge in [-0.25, -0.2) is 0 Å². The number of ether oxygens (including phenoxy) is 2. The van der Waals surface area contributed by atoms with Gasteiger partial charge >= 0.3 is 0 Å². The third-order valence-corrected chi connectivity index (χ3v) is 18.9. The standard InChI is InChI=1S/C27H36I2O2P2/c1-5-6-16-32(28)23-14-7-10-19-17-22-13-9-12-21(30-25(19)23)18-20-11-8-15-24(26(20)31-22)33(29)27(2,3)4/h7-8,10-11,14-15,21-22H,5-6,9,12-13,16-18H2,1-4H3/t21?,22-,32?,33?/m1/s1. The number of hydrogen-bond acceptors (Lipinski definition) is 2. The molecule has 0 saturated heterocycles. The van der Waals surface area contributed by atoms with E-state index in [2.05, 4.69) is 108 Å². The first-order chi connectivity index (χ1) is 15.8. The highest BCUT2D eigenvalue weighted by atomic mass is 127. The molecule has 2 aromatic carbocycles. The Morgan fingerprint density at radius 2 is 1.42 bits per heavy atom. The molecule has 0 saturated carbocycles. The summed E-state index contributed by atoms with van der Waals surface area (Å²) < 4.78 is 13.9. The van der Waals surface area contributed by atoms with Crippen LogP contribution in [0.1, 0.15) is 70.9 Å². The summed E-state index contributed by atoms with van der Waals surface area (Å²) in [7, 11) is 0. The van der Waals surface area contributed by atoms with Crippen molar-refractivity contribution in [2.24, 2.45) is 0 Å². The predicted octanol–water partition coefficient (Wildman–Crippen LogP) is 8.68. The summed E-state index contributed by atoms with van der Waals surface area (Å²) in [6.07, 6.45) is 9.46. The lowest BCUT2D eigenvalue weighted by Gasteiger charge is -2.31. The van der Waals surface area contributed by atoms with Gasteiger partial charge in [-0.3, -0.25) is 0 Å². The van der Waals surface area contributed by atoms with Crippen molar-refractivity contribution in [3.63, 3.8) is 0 Å². The van der Waals surface area contributed by atoms with Gasteiger partial charge < -0.3 is 9.47 Å².